The molecule has 32 rings (SSSR count). The lowest BCUT2D eigenvalue weighted by Crippen LogP contribution is -2.69. The van der Waals surface area contributed by atoms with Crippen LogP contribution in [0.15, 0.2) is 47.4 Å². The first-order valence-corrected chi connectivity index (χ1v) is 33.5. The van der Waals surface area contributed by atoms with Crippen LogP contribution in [0.2, 0.25) is 0 Å². The van der Waals surface area contributed by atoms with E-state index < -0.39 is 314 Å². The van der Waals surface area contributed by atoms with Crippen molar-refractivity contribution in [3.05, 3.63) is 42.5 Å². The molecule has 16 bridgehead atoms. The molecule has 30 saturated heterocycles. The first-order chi connectivity index (χ1) is 48.1. The average Bonchev–Trinajstić information content (AvgIpc) is 0.775. The summed E-state index contributed by atoms with van der Waals surface area (Å²) in [7, 11) is -4.83. The Balaban J connectivity index is 0.880. The average molecular weight is 1490 g/mol. The lowest BCUT2D eigenvalue weighted by atomic mass is 9.94. The Kier molecular flexibility index (Phi) is 26.1. The summed E-state index contributed by atoms with van der Waals surface area (Å²) in [6.07, 6.45) is -85.0. The van der Waals surface area contributed by atoms with Gasteiger partial charge in [0.25, 0.3) is 10.1 Å². The lowest BCUT2D eigenvalue weighted by molar-refractivity contribution is -0.404. The Hall–Kier alpha value is -2.95. The Morgan fingerprint density at radius 1 is 0.257 bits per heavy atom. The third kappa shape index (κ3) is 15.9. The minimum atomic E-state index is -4.83. The van der Waals surface area contributed by atoms with E-state index in [0.29, 0.717) is 10.8 Å². The second-order valence-corrected chi connectivity index (χ2v) is 27.1. The quantitative estimate of drug-likeness (QED) is 0.0929. The summed E-state index contributed by atoms with van der Waals surface area (Å²) < 4.78 is 126. The van der Waals surface area contributed by atoms with E-state index in [1.54, 1.807) is 24.3 Å². The molecule has 0 radical (unpaired) electrons. The van der Waals surface area contributed by atoms with Crippen LogP contribution in [0.25, 0.3) is 10.8 Å². The van der Waals surface area contributed by atoms with Crippen LogP contribution in [-0.4, -0.2) is 424 Å². The third-order valence-electron chi connectivity index (χ3n) is 19.1. The van der Waals surface area contributed by atoms with E-state index in [4.69, 9.17) is 80.0 Å². The predicted molar refractivity (Wildman–Crippen MR) is 311 cm³/mol. The lowest BCUT2D eigenvalue weighted by Gasteiger charge is -2.50. The molecule has 101 heavy (non-hydrogen) atoms. The van der Waals surface area contributed by atoms with Gasteiger partial charge in [0.15, 0.2) is 50.3 Å². The predicted octanol–water partition coefficient (Wildman–Crippen LogP) is -14.8. The number of fused-ring (bicyclic) bond motifs is 1. The van der Waals surface area contributed by atoms with E-state index in [0.717, 1.165) is 0 Å². The minimum absolute atomic E-state index is 0.405. The fourth-order valence-electron chi connectivity index (χ4n) is 13.4. The van der Waals surface area contributed by atoms with Crippen LogP contribution >= 0.6 is 0 Å². The van der Waals surface area contributed by atoms with E-state index in [1.807, 2.05) is 0 Å². The summed E-state index contributed by atoms with van der Waals surface area (Å²) in [4.78, 5) is -0.405. The SMILES string of the molecule is O=S(=O)(OC[C@H]1O[C@@H]2O[C@H]3[C@H](O)[C@@H](O)[C@@H](O[C@H]4[C@H](O)[C@@H](O)[C@@H](O[C@H]5[C@H](O)[C@@H](O)[C@@H](O[C@H]6[C@H](O)[C@@H](O)[C@@H](O[C@H]7[C@@H](O)[C@H](O)[C@@H](O[C@H]8[C@@H](O)[C@H](O)[C@@H](O[C@H]9[C@@H](O)[C@H](O)[C@@H](O[C@H]1[C@H](O)[C@H]2O)O[C@@H]9CO)O[C@@H]8CO)O[C@@H]7CO)O[C@@H]6CO)O[C@@H]5CO)O[C@@H]4CO)O[C@@H]3CO)c1ccc2ccccc2c1. The van der Waals surface area contributed by atoms with Gasteiger partial charge in [0.2, 0.25) is 0 Å². The highest BCUT2D eigenvalue weighted by atomic mass is 32.2. The monoisotopic (exact) mass is 1490 g/mol. The van der Waals surface area contributed by atoms with Crippen LogP contribution in [0.4, 0.5) is 0 Å². The zero-order valence-electron chi connectivity index (χ0n) is 52.7. The van der Waals surface area contributed by atoms with Crippen molar-refractivity contribution in [1.29, 1.82) is 0 Å². The Morgan fingerprint density at radius 2 is 0.455 bits per heavy atom. The smallest absolute Gasteiger partial charge is 0.297 e. The second-order valence-electron chi connectivity index (χ2n) is 25.5. The molecular formula is C58H86O42S. The maximum atomic E-state index is 13.9. The van der Waals surface area contributed by atoms with Crippen molar-refractivity contribution in [2.24, 2.45) is 0 Å². The molecule has 0 amide bonds. The van der Waals surface area contributed by atoms with Crippen LogP contribution in [0.5, 0.6) is 0 Å². The second kappa shape index (κ2) is 33.3. The van der Waals surface area contributed by atoms with Gasteiger partial charge in [-0.3, -0.25) is 4.18 Å². The summed E-state index contributed by atoms with van der Waals surface area (Å²) in [5.74, 6) is 0. The number of benzene rings is 2. The number of ether oxygens (including phenoxy) is 16. The molecule has 42 nitrogen and oxygen atoms in total. The molecule has 30 aliphatic rings. The van der Waals surface area contributed by atoms with Gasteiger partial charge in [-0.25, -0.2) is 0 Å². The van der Waals surface area contributed by atoms with Gasteiger partial charge >= 0.3 is 0 Å². The standard InChI is InChI=1S/C58H86O42S/c59-8-19-43-27(66)35(74)51(85-19)94-44-20(9-60)87-53(37(76)29(44)68)96-46-22(11-62)89-55(39(78)31(46)70)98-48-24(13-64)91-57(41(80)33(48)72)100-50-26(15-84-101(82,83)18-6-5-16-3-1-2-4-17(16)7-18)92-58(42(81)34(50)73)99-49-25(14-65)90-56(40(79)32(49)71)97-47-23(12-63)88-54(38(77)30(47)69)95-45-21(10-61)86-52(93-43)36(75)28(45)67/h1-7,19-81H,8-15H2/t19-,20-,21-,22-,23-,24-,25-,26-,27-,28-,29+,30-,31+,32-,33+,34-,35-,36-,37+,38-,39+,40-,41+,42-,43-,44-,45-,46-,47-,48-,49-,50-,51-,52-,53-,54-,55-,56-,57-,58-/m1/s1. The highest BCUT2D eigenvalue weighted by Crippen LogP contribution is 2.40. The molecule has 0 unspecified atom stereocenters. The van der Waals surface area contributed by atoms with Gasteiger partial charge in [-0.15, -0.1) is 0 Å². The molecule has 40 atom stereocenters. The van der Waals surface area contributed by atoms with Crippen LogP contribution in [0.3, 0.4) is 0 Å². The summed E-state index contributed by atoms with van der Waals surface area (Å²) >= 11 is 0. The normalized spacial score (nSPS) is 49.9. The molecule has 23 N–H and O–H groups in total. The molecule has 0 saturated carbocycles. The van der Waals surface area contributed by atoms with Gasteiger partial charge in [0.1, 0.15) is 195 Å². The minimum Gasteiger partial charge on any atom is -0.394 e. The number of aliphatic hydroxyl groups excluding tert-OH is 23. The van der Waals surface area contributed by atoms with Crippen molar-refractivity contribution in [1.82, 2.24) is 0 Å². The van der Waals surface area contributed by atoms with Gasteiger partial charge in [0.05, 0.1) is 57.8 Å². The van der Waals surface area contributed by atoms with Crippen molar-refractivity contribution in [3.63, 3.8) is 0 Å². The molecule has 0 aliphatic carbocycles. The van der Waals surface area contributed by atoms with Crippen LogP contribution in [-0.2, 0) is 90.1 Å². The maximum Gasteiger partial charge on any atom is 0.297 e. The number of hydrogen-bond donors (Lipinski definition) is 23. The molecule has 0 aromatic heterocycles. The fraction of sp³-hybridized carbons (Fsp3) is 0.828. The largest absolute Gasteiger partial charge is 0.394 e. The molecule has 30 heterocycles. The Labute approximate surface area is 571 Å². The van der Waals surface area contributed by atoms with E-state index in [1.165, 1.54) is 18.2 Å². The van der Waals surface area contributed by atoms with Crippen molar-refractivity contribution < 1.29 is 206 Å². The Bertz CT molecular complexity index is 3060. The van der Waals surface area contributed by atoms with E-state index >= 15 is 0 Å². The summed E-state index contributed by atoms with van der Waals surface area (Å²) in [6, 6.07) is 10.5. The van der Waals surface area contributed by atoms with Crippen LogP contribution < -0.4 is 0 Å². The first kappa shape index (κ1) is 79.1. The molecule has 43 heteroatoms. The summed E-state index contributed by atoms with van der Waals surface area (Å²) in [5.41, 5.74) is 0. The molecule has 576 valence electrons. The van der Waals surface area contributed by atoms with E-state index in [9.17, 15) is 126 Å². The zero-order valence-corrected chi connectivity index (χ0v) is 53.6. The van der Waals surface area contributed by atoms with Crippen LogP contribution in [0, 0.1) is 0 Å². The molecule has 0 spiro atoms. The Morgan fingerprint density at radius 3 is 0.673 bits per heavy atom. The van der Waals surface area contributed by atoms with Crippen molar-refractivity contribution in [3.8, 4) is 0 Å². The summed E-state index contributed by atoms with van der Waals surface area (Å²) in [6.45, 7) is -9.04. The topological polar surface area (TPSA) is 656 Å². The number of hydrogen-bond acceptors (Lipinski definition) is 42. The van der Waals surface area contributed by atoms with Crippen molar-refractivity contribution in [2.45, 2.75) is 251 Å². The van der Waals surface area contributed by atoms with E-state index in [-0.39, 0.29) is 0 Å². The number of aliphatic hydroxyl groups is 23. The zero-order chi connectivity index (χ0) is 73.0. The van der Waals surface area contributed by atoms with Gasteiger partial charge in [-0.1, -0.05) is 30.3 Å². The first-order valence-electron chi connectivity index (χ1n) is 32.1. The van der Waals surface area contributed by atoms with Crippen LogP contribution in [0.1, 0.15) is 0 Å². The summed E-state index contributed by atoms with van der Waals surface area (Å²) in [5, 5.41) is 260. The van der Waals surface area contributed by atoms with Gasteiger partial charge < -0.3 is 193 Å². The highest BCUT2D eigenvalue weighted by molar-refractivity contribution is 7.86. The molecular weight excluding hydrogens is 1400 g/mol. The fourth-order valence-corrected chi connectivity index (χ4v) is 14.4. The number of rotatable bonds is 11. The molecule has 30 fully saturated rings. The molecule has 30 aliphatic heterocycles. The van der Waals surface area contributed by atoms with Gasteiger partial charge in [-0.05, 0) is 22.9 Å². The van der Waals surface area contributed by atoms with Crippen molar-refractivity contribution in [2.75, 3.05) is 52.9 Å². The van der Waals surface area contributed by atoms with Gasteiger partial charge in [-0.2, -0.15) is 8.42 Å². The molecule has 2 aromatic carbocycles. The molecule has 2 aromatic rings. The van der Waals surface area contributed by atoms with Gasteiger partial charge in [0, 0.05) is 0 Å². The van der Waals surface area contributed by atoms with E-state index in [2.05, 4.69) is 0 Å². The third-order valence-corrected chi connectivity index (χ3v) is 20.4. The van der Waals surface area contributed by atoms with Crippen molar-refractivity contribution >= 4 is 20.9 Å². The maximum absolute atomic E-state index is 13.9. The highest BCUT2D eigenvalue weighted by Gasteiger charge is 2.61.